The fraction of sp³-hybridized carbons (Fsp3) is 0.400. The Morgan fingerprint density at radius 3 is 2.72 bits per heavy atom. The minimum atomic E-state index is -2.89. The highest BCUT2D eigenvalue weighted by molar-refractivity contribution is 6.02. The zero-order chi connectivity index (χ0) is 20.3. The van der Waals surface area contributed by atoms with E-state index in [0.717, 1.165) is 16.5 Å². The number of hydrogen-bond donors (Lipinski definition) is 0. The maximum absolute atomic E-state index is 15.0. The molecule has 3 aromatic heterocycles. The zero-order valence-corrected chi connectivity index (χ0v) is 16.4. The van der Waals surface area contributed by atoms with Crippen molar-refractivity contribution in [3.63, 3.8) is 0 Å². The van der Waals surface area contributed by atoms with Gasteiger partial charge in [0.25, 0.3) is 5.92 Å². The van der Waals surface area contributed by atoms with E-state index in [-0.39, 0.29) is 19.5 Å². The summed E-state index contributed by atoms with van der Waals surface area (Å²) < 4.78 is 36.7. The number of fused-ring (bicyclic) bond motifs is 3. The molecule has 4 aromatic rings. The van der Waals surface area contributed by atoms with Crippen LogP contribution in [0.1, 0.15) is 29.1 Å². The molecule has 29 heavy (non-hydrogen) atoms. The number of rotatable bonds is 3. The van der Waals surface area contributed by atoms with Crippen LogP contribution < -0.4 is 0 Å². The van der Waals surface area contributed by atoms with Crippen molar-refractivity contribution in [3.05, 3.63) is 47.5 Å². The first-order chi connectivity index (χ1) is 13.8. The quantitative estimate of drug-likeness (QED) is 0.527. The summed E-state index contributed by atoms with van der Waals surface area (Å²) in [5, 5.41) is 4.74. The Kier molecular flexibility index (Phi) is 3.92. The molecule has 150 valence electrons. The SMILES string of the molecule is Cc1ccc2ncc3nc(Cc4noc(C)n4)n(C4CN(C)CC4(F)F)c3c2c1. The fourth-order valence-electron chi connectivity index (χ4n) is 4.18. The van der Waals surface area contributed by atoms with Crippen molar-refractivity contribution in [1.29, 1.82) is 0 Å². The van der Waals surface area contributed by atoms with Gasteiger partial charge in [-0.3, -0.25) is 9.88 Å². The van der Waals surface area contributed by atoms with Gasteiger partial charge in [-0.05, 0) is 26.1 Å². The molecule has 9 heteroatoms. The molecule has 0 aliphatic carbocycles. The minimum Gasteiger partial charge on any atom is -0.340 e. The second-order valence-corrected chi connectivity index (χ2v) is 7.79. The highest BCUT2D eigenvalue weighted by Gasteiger charge is 2.49. The van der Waals surface area contributed by atoms with Crippen LogP contribution in [-0.2, 0) is 6.42 Å². The first kappa shape index (κ1) is 18.1. The standard InChI is InChI=1S/C20H20F2N6O/c1-11-4-5-14-13(6-11)19-15(8-23-14)25-18(7-17-24-12(2)29-26-17)28(19)16-9-27(3)10-20(16,21)22/h4-6,8,16H,7,9-10H2,1-3H3. The second-order valence-electron chi connectivity index (χ2n) is 7.79. The van der Waals surface area contributed by atoms with E-state index in [1.807, 2.05) is 25.1 Å². The van der Waals surface area contributed by atoms with E-state index in [1.54, 1.807) is 29.6 Å². The number of likely N-dealkylation sites (N-methyl/N-ethyl adjacent to an activating group) is 1. The van der Waals surface area contributed by atoms with E-state index in [2.05, 4.69) is 20.1 Å². The number of nitrogens with zero attached hydrogens (tertiary/aromatic N) is 6. The molecule has 1 aliphatic rings. The van der Waals surface area contributed by atoms with Gasteiger partial charge in [0.2, 0.25) is 5.89 Å². The molecule has 0 saturated carbocycles. The first-order valence-electron chi connectivity index (χ1n) is 9.43. The number of aryl methyl sites for hydroxylation is 2. The highest BCUT2D eigenvalue weighted by atomic mass is 19.3. The van der Waals surface area contributed by atoms with Crippen molar-refractivity contribution in [1.82, 2.24) is 29.6 Å². The van der Waals surface area contributed by atoms with Crippen LogP contribution in [0.3, 0.4) is 0 Å². The Morgan fingerprint density at radius 2 is 2.03 bits per heavy atom. The summed E-state index contributed by atoms with van der Waals surface area (Å²) in [6.07, 6.45) is 1.85. The van der Waals surface area contributed by atoms with Gasteiger partial charge in [-0.25, -0.2) is 13.8 Å². The molecule has 0 bridgehead atoms. The Labute approximate surface area is 165 Å². The zero-order valence-electron chi connectivity index (χ0n) is 16.4. The van der Waals surface area contributed by atoms with Crippen molar-refractivity contribution in [2.75, 3.05) is 20.1 Å². The minimum absolute atomic E-state index is 0.204. The molecule has 1 atom stereocenters. The predicted octanol–water partition coefficient (Wildman–Crippen LogP) is 3.30. The number of alkyl halides is 2. The van der Waals surface area contributed by atoms with Gasteiger partial charge in [-0.15, -0.1) is 0 Å². The van der Waals surface area contributed by atoms with Crippen molar-refractivity contribution in [3.8, 4) is 0 Å². The Hall–Kier alpha value is -2.94. The topological polar surface area (TPSA) is 72.9 Å². The van der Waals surface area contributed by atoms with Gasteiger partial charge in [0.05, 0.1) is 30.2 Å². The molecular weight excluding hydrogens is 378 g/mol. The first-order valence-corrected chi connectivity index (χ1v) is 9.43. The molecule has 0 amide bonds. The lowest BCUT2D eigenvalue weighted by atomic mass is 10.1. The van der Waals surface area contributed by atoms with Gasteiger partial charge >= 0.3 is 0 Å². The summed E-state index contributed by atoms with van der Waals surface area (Å²) in [5.74, 6) is -1.56. The summed E-state index contributed by atoms with van der Waals surface area (Å²) in [6.45, 7) is 3.60. The van der Waals surface area contributed by atoms with Gasteiger partial charge in [0.15, 0.2) is 5.82 Å². The Bertz CT molecular complexity index is 1230. The smallest absolute Gasteiger partial charge is 0.282 e. The molecule has 1 fully saturated rings. The summed E-state index contributed by atoms with van der Waals surface area (Å²) >= 11 is 0. The highest BCUT2D eigenvalue weighted by Crippen LogP contribution is 2.40. The maximum atomic E-state index is 15.0. The van der Waals surface area contributed by atoms with Crippen LogP contribution in [0.2, 0.25) is 0 Å². The third kappa shape index (κ3) is 2.96. The number of hydrogen-bond acceptors (Lipinski definition) is 6. The van der Waals surface area contributed by atoms with E-state index in [0.29, 0.717) is 28.6 Å². The van der Waals surface area contributed by atoms with Crippen molar-refractivity contribution >= 4 is 21.9 Å². The maximum Gasteiger partial charge on any atom is 0.282 e. The lowest BCUT2D eigenvalue weighted by Gasteiger charge is -2.22. The molecule has 4 heterocycles. The molecule has 1 aliphatic heterocycles. The molecular formula is C20H20F2N6O. The molecule has 0 N–H and O–H groups in total. The van der Waals surface area contributed by atoms with Gasteiger partial charge in [-0.2, -0.15) is 4.98 Å². The largest absolute Gasteiger partial charge is 0.340 e. The van der Waals surface area contributed by atoms with Crippen molar-refractivity contribution < 1.29 is 13.3 Å². The molecule has 0 spiro atoms. The number of halogens is 2. The van der Waals surface area contributed by atoms with Gasteiger partial charge in [-0.1, -0.05) is 16.8 Å². The van der Waals surface area contributed by atoms with Crippen molar-refractivity contribution in [2.24, 2.45) is 0 Å². The van der Waals surface area contributed by atoms with Crippen LogP contribution in [0.25, 0.3) is 21.9 Å². The summed E-state index contributed by atoms with van der Waals surface area (Å²) in [4.78, 5) is 15.0. The Balaban J connectivity index is 1.79. The average Bonchev–Trinajstić information content (AvgIpc) is 3.29. The molecule has 5 rings (SSSR count). The third-order valence-corrected chi connectivity index (χ3v) is 5.39. The number of likely N-dealkylation sites (tertiary alicyclic amines) is 1. The molecule has 1 saturated heterocycles. The Morgan fingerprint density at radius 1 is 1.21 bits per heavy atom. The van der Waals surface area contributed by atoms with Crippen LogP contribution in [-0.4, -0.2) is 55.6 Å². The summed E-state index contributed by atoms with van der Waals surface area (Å²) in [6, 6.07) is 4.81. The second kappa shape index (κ2) is 6.28. The fourth-order valence-corrected chi connectivity index (χ4v) is 4.18. The predicted molar refractivity (Wildman–Crippen MR) is 103 cm³/mol. The van der Waals surface area contributed by atoms with Crippen LogP contribution in [0.4, 0.5) is 8.78 Å². The monoisotopic (exact) mass is 398 g/mol. The van der Waals surface area contributed by atoms with Crippen molar-refractivity contribution in [2.45, 2.75) is 32.2 Å². The number of benzene rings is 1. The average molecular weight is 398 g/mol. The molecule has 1 unspecified atom stereocenters. The lowest BCUT2D eigenvalue weighted by molar-refractivity contribution is -0.0200. The number of aromatic nitrogens is 5. The van der Waals surface area contributed by atoms with E-state index in [4.69, 9.17) is 4.52 Å². The summed E-state index contributed by atoms with van der Waals surface area (Å²) in [5.41, 5.74) is 3.05. The molecule has 7 nitrogen and oxygen atoms in total. The number of imidazole rings is 1. The third-order valence-electron chi connectivity index (χ3n) is 5.39. The lowest BCUT2D eigenvalue weighted by Crippen LogP contribution is -2.30. The van der Waals surface area contributed by atoms with E-state index in [1.165, 1.54) is 0 Å². The van der Waals surface area contributed by atoms with E-state index >= 15 is 0 Å². The van der Waals surface area contributed by atoms with Gasteiger partial charge in [0.1, 0.15) is 17.4 Å². The van der Waals surface area contributed by atoms with E-state index < -0.39 is 12.0 Å². The van der Waals surface area contributed by atoms with Gasteiger partial charge < -0.3 is 9.09 Å². The van der Waals surface area contributed by atoms with Crippen LogP contribution in [0, 0.1) is 13.8 Å². The van der Waals surface area contributed by atoms with Crippen LogP contribution >= 0.6 is 0 Å². The normalized spacial score (nSPS) is 19.6. The molecule has 1 aromatic carbocycles. The van der Waals surface area contributed by atoms with Gasteiger partial charge in [0, 0.05) is 18.9 Å². The van der Waals surface area contributed by atoms with Crippen LogP contribution in [0.15, 0.2) is 28.9 Å². The molecule has 0 radical (unpaired) electrons. The van der Waals surface area contributed by atoms with Crippen LogP contribution in [0.5, 0.6) is 0 Å². The van der Waals surface area contributed by atoms with E-state index in [9.17, 15) is 8.78 Å². The summed E-state index contributed by atoms with van der Waals surface area (Å²) in [7, 11) is 1.71. The number of pyridine rings is 1.